The number of anilines is 1. The van der Waals surface area contributed by atoms with E-state index in [1.165, 1.54) is 32.2 Å². The molecule has 0 saturated heterocycles. The lowest BCUT2D eigenvalue weighted by atomic mass is 10.0. The number of urea groups is 1. The van der Waals surface area contributed by atoms with Gasteiger partial charge in [-0.3, -0.25) is 10.2 Å². The molecule has 9 heteroatoms. The largest absolute Gasteiger partial charge is 0.462 e. The minimum absolute atomic E-state index is 0.296. The number of carbonyl (C=O) groups is 2. The third-order valence-corrected chi connectivity index (χ3v) is 9.04. The summed E-state index contributed by atoms with van der Waals surface area (Å²) in [6.07, 6.45) is 7.95. The molecule has 0 fully saturated rings. The van der Waals surface area contributed by atoms with Crippen LogP contribution in [0.2, 0.25) is 0 Å². The standard InChI is InChI=1S/C25H30N4O3S2/c1-3-28-13-10-16-18(23(34-20(16)15-28)29-11-5-6-12-29)14-26-25(31)27-22-21(24(30)32-4-2)17-8-7-9-19(17)33-22/h5-6,11-12H,3-4,7-10,13-15H2,1-2H3,(H2,26,27,31). The minimum Gasteiger partial charge on any atom is -0.462 e. The number of hydrogen-bond donors (Lipinski definition) is 2. The van der Waals surface area contributed by atoms with Crippen LogP contribution in [0.25, 0.3) is 5.00 Å². The van der Waals surface area contributed by atoms with Gasteiger partial charge in [0.2, 0.25) is 0 Å². The van der Waals surface area contributed by atoms with Crippen molar-refractivity contribution in [1.29, 1.82) is 0 Å². The Morgan fingerprint density at radius 2 is 1.88 bits per heavy atom. The van der Waals surface area contributed by atoms with Gasteiger partial charge in [-0.25, -0.2) is 9.59 Å². The van der Waals surface area contributed by atoms with Gasteiger partial charge in [0.25, 0.3) is 0 Å². The molecular formula is C25H30N4O3S2. The average molecular weight is 499 g/mol. The second kappa shape index (κ2) is 9.93. The van der Waals surface area contributed by atoms with Crippen molar-refractivity contribution < 1.29 is 14.3 Å². The molecule has 1 aliphatic heterocycles. The lowest BCUT2D eigenvalue weighted by molar-refractivity contribution is 0.0527. The summed E-state index contributed by atoms with van der Waals surface area (Å²) in [6, 6.07) is 3.75. The van der Waals surface area contributed by atoms with Crippen LogP contribution in [-0.4, -0.2) is 41.2 Å². The fourth-order valence-corrected chi connectivity index (χ4v) is 7.51. The molecular weight excluding hydrogens is 468 g/mol. The van der Waals surface area contributed by atoms with Gasteiger partial charge >= 0.3 is 12.0 Å². The van der Waals surface area contributed by atoms with E-state index in [0.717, 1.165) is 55.9 Å². The molecule has 0 spiro atoms. The quantitative estimate of drug-likeness (QED) is 0.451. The van der Waals surface area contributed by atoms with Crippen LogP contribution in [0.1, 0.15) is 57.1 Å². The average Bonchev–Trinajstić information content (AvgIpc) is 3.60. The van der Waals surface area contributed by atoms with Crippen molar-refractivity contribution in [1.82, 2.24) is 14.8 Å². The van der Waals surface area contributed by atoms with Crippen molar-refractivity contribution >= 4 is 39.7 Å². The number of aryl methyl sites for hydroxylation is 1. The maximum atomic E-state index is 13.0. The van der Waals surface area contributed by atoms with Crippen molar-refractivity contribution in [3.63, 3.8) is 0 Å². The van der Waals surface area contributed by atoms with Gasteiger partial charge in [0, 0.05) is 47.3 Å². The first kappa shape index (κ1) is 23.1. The van der Waals surface area contributed by atoms with Gasteiger partial charge < -0.3 is 14.6 Å². The van der Waals surface area contributed by atoms with Crippen molar-refractivity contribution in [2.75, 3.05) is 25.0 Å². The fourth-order valence-electron chi connectivity index (χ4n) is 4.87. The smallest absolute Gasteiger partial charge is 0.341 e. The topological polar surface area (TPSA) is 75.6 Å². The highest BCUT2D eigenvalue weighted by Crippen LogP contribution is 2.40. The van der Waals surface area contributed by atoms with E-state index in [1.807, 2.05) is 23.5 Å². The Bertz CT molecular complexity index is 1200. The zero-order valence-electron chi connectivity index (χ0n) is 19.6. The molecule has 4 heterocycles. The summed E-state index contributed by atoms with van der Waals surface area (Å²) in [5.41, 5.74) is 4.12. The molecule has 3 aromatic heterocycles. The van der Waals surface area contributed by atoms with Gasteiger partial charge in [0.15, 0.2) is 0 Å². The van der Waals surface area contributed by atoms with Crippen LogP contribution in [0.5, 0.6) is 0 Å². The van der Waals surface area contributed by atoms with Gasteiger partial charge in [0.05, 0.1) is 12.2 Å². The molecule has 1 aliphatic carbocycles. The normalized spacial score (nSPS) is 15.1. The van der Waals surface area contributed by atoms with E-state index in [0.29, 0.717) is 23.7 Å². The Labute approximate surface area is 207 Å². The lowest BCUT2D eigenvalue weighted by Crippen LogP contribution is -2.31. The van der Waals surface area contributed by atoms with E-state index in [9.17, 15) is 9.59 Å². The zero-order valence-corrected chi connectivity index (χ0v) is 21.2. The summed E-state index contributed by atoms with van der Waals surface area (Å²) < 4.78 is 7.42. The van der Waals surface area contributed by atoms with Crippen LogP contribution in [0.15, 0.2) is 24.5 Å². The summed E-state index contributed by atoms with van der Waals surface area (Å²) >= 11 is 3.31. The van der Waals surface area contributed by atoms with Gasteiger partial charge in [-0.2, -0.15) is 0 Å². The number of nitrogens with zero attached hydrogens (tertiary/aromatic N) is 2. The Morgan fingerprint density at radius 3 is 2.65 bits per heavy atom. The van der Waals surface area contributed by atoms with E-state index >= 15 is 0 Å². The first-order valence-electron chi connectivity index (χ1n) is 11.9. The van der Waals surface area contributed by atoms with E-state index in [2.05, 4.69) is 39.4 Å². The molecule has 3 aromatic rings. The highest BCUT2D eigenvalue weighted by Gasteiger charge is 2.29. The van der Waals surface area contributed by atoms with Crippen LogP contribution in [-0.2, 0) is 37.1 Å². The molecule has 34 heavy (non-hydrogen) atoms. The summed E-state index contributed by atoms with van der Waals surface area (Å²) in [5.74, 6) is -0.348. The van der Waals surface area contributed by atoms with E-state index < -0.39 is 0 Å². The number of ether oxygens (including phenoxy) is 1. The number of hydrogen-bond acceptors (Lipinski definition) is 6. The SMILES string of the molecule is CCOC(=O)c1c(NC(=O)NCc2c(-n3cccc3)sc3c2CCN(CC)C3)sc2c1CCC2. The molecule has 0 aromatic carbocycles. The van der Waals surface area contributed by atoms with Crippen LogP contribution in [0.3, 0.4) is 0 Å². The van der Waals surface area contributed by atoms with Crippen LogP contribution < -0.4 is 10.6 Å². The number of carbonyl (C=O) groups excluding carboxylic acids is 2. The maximum Gasteiger partial charge on any atom is 0.341 e. The highest BCUT2D eigenvalue weighted by molar-refractivity contribution is 7.17. The Kier molecular flexibility index (Phi) is 6.76. The number of amides is 2. The number of thiophene rings is 2. The first-order chi connectivity index (χ1) is 16.6. The summed E-state index contributed by atoms with van der Waals surface area (Å²) in [4.78, 5) is 30.6. The number of esters is 1. The van der Waals surface area contributed by atoms with Gasteiger partial charge in [-0.1, -0.05) is 6.92 Å². The summed E-state index contributed by atoms with van der Waals surface area (Å²) in [5, 5.41) is 7.76. The molecule has 7 nitrogen and oxygen atoms in total. The molecule has 2 amide bonds. The van der Waals surface area contributed by atoms with Gasteiger partial charge in [0.1, 0.15) is 10.0 Å². The predicted octanol–water partition coefficient (Wildman–Crippen LogP) is 4.97. The van der Waals surface area contributed by atoms with Crippen molar-refractivity contribution in [2.24, 2.45) is 0 Å². The Hall–Kier alpha value is -2.62. The molecule has 5 rings (SSSR count). The monoisotopic (exact) mass is 498 g/mol. The third-order valence-electron chi connectivity index (χ3n) is 6.56. The molecule has 0 saturated carbocycles. The van der Waals surface area contributed by atoms with E-state index in [1.54, 1.807) is 6.92 Å². The van der Waals surface area contributed by atoms with E-state index in [-0.39, 0.29) is 12.0 Å². The molecule has 0 radical (unpaired) electrons. The summed E-state index contributed by atoms with van der Waals surface area (Å²) in [6.45, 7) is 7.79. The van der Waals surface area contributed by atoms with Crippen LogP contribution >= 0.6 is 22.7 Å². The second-order valence-corrected chi connectivity index (χ2v) is 10.8. The number of likely N-dealkylation sites (N-methyl/N-ethyl adjacent to an activating group) is 1. The fraction of sp³-hybridized carbons (Fsp3) is 0.440. The molecule has 0 bridgehead atoms. The molecule has 180 valence electrons. The zero-order chi connectivity index (χ0) is 23.7. The molecule has 0 atom stereocenters. The van der Waals surface area contributed by atoms with Crippen molar-refractivity contribution in [3.05, 3.63) is 56.5 Å². The van der Waals surface area contributed by atoms with Crippen LogP contribution in [0.4, 0.5) is 9.80 Å². The third kappa shape index (κ3) is 4.39. The number of aromatic nitrogens is 1. The minimum atomic E-state index is -0.348. The number of fused-ring (bicyclic) bond motifs is 2. The molecule has 2 N–H and O–H groups in total. The van der Waals surface area contributed by atoms with Crippen LogP contribution in [0, 0.1) is 0 Å². The maximum absolute atomic E-state index is 13.0. The van der Waals surface area contributed by atoms with Gasteiger partial charge in [-0.15, -0.1) is 22.7 Å². The Balaban J connectivity index is 1.35. The number of nitrogens with one attached hydrogen (secondary N) is 2. The van der Waals surface area contributed by atoms with Gasteiger partial charge in [-0.05, 0) is 62.4 Å². The lowest BCUT2D eigenvalue weighted by Gasteiger charge is -2.25. The molecule has 0 unspecified atom stereocenters. The predicted molar refractivity (Wildman–Crippen MR) is 136 cm³/mol. The second-order valence-electron chi connectivity index (χ2n) is 8.59. The Morgan fingerprint density at radius 1 is 1.06 bits per heavy atom. The molecule has 2 aliphatic rings. The highest BCUT2D eigenvalue weighted by atomic mass is 32.1. The number of rotatable bonds is 7. The van der Waals surface area contributed by atoms with Crippen molar-refractivity contribution in [2.45, 2.75) is 52.6 Å². The summed E-state index contributed by atoms with van der Waals surface area (Å²) in [7, 11) is 0. The van der Waals surface area contributed by atoms with Crippen molar-refractivity contribution in [3.8, 4) is 5.00 Å². The van der Waals surface area contributed by atoms with E-state index in [4.69, 9.17) is 4.74 Å². The first-order valence-corrected chi connectivity index (χ1v) is 13.6.